The normalized spacial score (nSPS) is 10.1. The van der Waals surface area contributed by atoms with E-state index in [1.165, 1.54) is 0 Å². The zero-order chi connectivity index (χ0) is 13.4. The van der Waals surface area contributed by atoms with Gasteiger partial charge in [-0.15, -0.1) is 0 Å². The van der Waals surface area contributed by atoms with Crippen LogP contribution in [0.2, 0.25) is 0 Å². The number of nitrogens with two attached hydrogens (primary N) is 1. The third kappa shape index (κ3) is 4.25. The molecule has 0 spiro atoms. The van der Waals surface area contributed by atoms with Crippen LogP contribution in [0, 0.1) is 0 Å². The van der Waals surface area contributed by atoms with Gasteiger partial charge in [0.25, 0.3) is 5.91 Å². The van der Waals surface area contributed by atoms with E-state index < -0.39 is 0 Å². The third-order valence-corrected chi connectivity index (χ3v) is 2.34. The summed E-state index contributed by atoms with van der Waals surface area (Å²) in [5.41, 5.74) is 6.81. The number of amides is 1. The summed E-state index contributed by atoms with van der Waals surface area (Å²) in [6, 6.07) is 4.95. The molecule has 0 radical (unpaired) electrons. The van der Waals surface area contributed by atoms with Crippen molar-refractivity contribution in [3.05, 3.63) is 23.8 Å². The van der Waals surface area contributed by atoms with Crippen molar-refractivity contribution in [1.29, 1.82) is 0 Å². The first-order valence-electron chi connectivity index (χ1n) is 6.01. The van der Waals surface area contributed by atoms with Gasteiger partial charge in [0.1, 0.15) is 12.4 Å². The van der Waals surface area contributed by atoms with Crippen molar-refractivity contribution in [3.8, 4) is 5.75 Å². The lowest BCUT2D eigenvalue weighted by atomic mass is 10.2. The molecule has 1 aromatic rings. The summed E-state index contributed by atoms with van der Waals surface area (Å²) in [6.07, 6.45) is 0.980. The molecule has 5 nitrogen and oxygen atoms in total. The largest absolute Gasteiger partial charge is 0.489 e. The Hall–Kier alpha value is -1.75. The fourth-order valence-electron chi connectivity index (χ4n) is 1.40. The van der Waals surface area contributed by atoms with Gasteiger partial charge in [0.05, 0.1) is 12.3 Å². The van der Waals surface area contributed by atoms with Crippen LogP contribution in [0.4, 0.5) is 5.69 Å². The predicted octanol–water partition coefficient (Wildman–Crippen LogP) is 1.43. The Morgan fingerprint density at radius 1 is 1.33 bits per heavy atom. The molecule has 0 atom stereocenters. The van der Waals surface area contributed by atoms with Gasteiger partial charge in [-0.2, -0.15) is 0 Å². The second-order valence-electron chi connectivity index (χ2n) is 3.79. The highest BCUT2D eigenvalue weighted by atomic mass is 16.5. The molecule has 0 unspecified atom stereocenters. The van der Waals surface area contributed by atoms with Crippen molar-refractivity contribution in [2.75, 3.05) is 32.6 Å². The van der Waals surface area contributed by atoms with Gasteiger partial charge in [-0.05, 0) is 24.6 Å². The van der Waals surface area contributed by atoms with Crippen LogP contribution < -0.4 is 15.8 Å². The zero-order valence-corrected chi connectivity index (χ0v) is 10.9. The number of rotatable bonds is 7. The van der Waals surface area contributed by atoms with E-state index in [2.05, 4.69) is 5.32 Å². The van der Waals surface area contributed by atoms with E-state index in [4.69, 9.17) is 15.2 Å². The van der Waals surface area contributed by atoms with E-state index in [9.17, 15) is 4.79 Å². The molecule has 0 aliphatic heterocycles. The number of hydrogen-bond acceptors (Lipinski definition) is 4. The topological polar surface area (TPSA) is 73.6 Å². The molecule has 0 bridgehead atoms. The van der Waals surface area contributed by atoms with Crippen LogP contribution in [-0.2, 0) is 4.74 Å². The van der Waals surface area contributed by atoms with E-state index in [-0.39, 0.29) is 5.91 Å². The summed E-state index contributed by atoms with van der Waals surface area (Å²) >= 11 is 0. The molecule has 0 saturated carbocycles. The maximum absolute atomic E-state index is 11.5. The highest BCUT2D eigenvalue weighted by molar-refractivity contribution is 5.95. The van der Waals surface area contributed by atoms with Gasteiger partial charge < -0.3 is 20.5 Å². The smallest absolute Gasteiger partial charge is 0.251 e. The molecule has 0 aromatic heterocycles. The van der Waals surface area contributed by atoms with Crippen molar-refractivity contribution in [1.82, 2.24) is 5.32 Å². The van der Waals surface area contributed by atoms with Gasteiger partial charge in [0.15, 0.2) is 0 Å². The molecular weight excluding hydrogens is 232 g/mol. The summed E-state index contributed by atoms with van der Waals surface area (Å²) in [4.78, 5) is 11.5. The van der Waals surface area contributed by atoms with E-state index in [1.807, 2.05) is 6.92 Å². The maximum Gasteiger partial charge on any atom is 0.251 e. The fraction of sp³-hybridized carbons (Fsp3) is 0.462. The van der Waals surface area contributed by atoms with Gasteiger partial charge in [0.2, 0.25) is 0 Å². The molecule has 5 heteroatoms. The molecule has 3 N–H and O–H groups in total. The monoisotopic (exact) mass is 252 g/mol. The van der Waals surface area contributed by atoms with Crippen molar-refractivity contribution in [2.24, 2.45) is 0 Å². The molecule has 0 saturated heterocycles. The SMILES string of the molecule is CCCOCCOc1cc(C(=O)NC)ccc1N. The Morgan fingerprint density at radius 2 is 2.11 bits per heavy atom. The lowest BCUT2D eigenvalue weighted by Crippen LogP contribution is -2.18. The van der Waals surface area contributed by atoms with Crippen molar-refractivity contribution in [3.63, 3.8) is 0 Å². The zero-order valence-electron chi connectivity index (χ0n) is 10.9. The van der Waals surface area contributed by atoms with Gasteiger partial charge >= 0.3 is 0 Å². The number of carbonyl (C=O) groups excluding carboxylic acids is 1. The van der Waals surface area contributed by atoms with Gasteiger partial charge in [-0.25, -0.2) is 0 Å². The molecule has 18 heavy (non-hydrogen) atoms. The van der Waals surface area contributed by atoms with E-state index in [0.29, 0.717) is 30.2 Å². The second kappa shape index (κ2) is 7.55. The number of ether oxygens (including phenoxy) is 2. The number of nitrogens with one attached hydrogen (secondary N) is 1. The lowest BCUT2D eigenvalue weighted by Gasteiger charge is -2.10. The number of nitrogen functional groups attached to an aromatic ring is 1. The van der Waals surface area contributed by atoms with Crippen LogP contribution in [0.3, 0.4) is 0 Å². The van der Waals surface area contributed by atoms with Crippen LogP contribution in [0.25, 0.3) is 0 Å². The van der Waals surface area contributed by atoms with E-state index in [1.54, 1.807) is 25.2 Å². The molecule has 1 amide bonds. The van der Waals surface area contributed by atoms with Crippen LogP contribution >= 0.6 is 0 Å². The van der Waals surface area contributed by atoms with Crippen LogP contribution in [0.5, 0.6) is 5.75 Å². The first kappa shape index (κ1) is 14.3. The van der Waals surface area contributed by atoms with Crippen molar-refractivity contribution < 1.29 is 14.3 Å². The van der Waals surface area contributed by atoms with Crippen molar-refractivity contribution >= 4 is 11.6 Å². The Labute approximate surface area is 107 Å². The Morgan fingerprint density at radius 3 is 2.78 bits per heavy atom. The summed E-state index contributed by atoms with van der Waals surface area (Å²) in [7, 11) is 1.58. The molecule has 1 aromatic carbocycles. The highest BCUT2D eigenvalue weighted by Crippen LogP contribution is 2.22. The number of benzene rings is 1. The van der Waals surface area contributed by atoms with Gasteiger partial charge in [0, 0.05) is 19.2 Å². The van der Waals surface area contributed by atoms with Crippen LogP contribution in [0.1, 0.15) is 23.7 Å². The minimum Gasteiger partial charge on any atom is -0.489 e. The van der Waals surface area contributed by atoms with Crippen LogP contribution in [0.15, 0.2) is 18.2 Å². The third-order valence-electron chi connectivity index (χ3n) is 2.34. The minimum atomic E-state index is -0.165. The molecule has 0 heterocycles. The average Bonchev–Trinajstić information content (AvgIpc) is 2.39. The number of carbonyl (C=O) groups is 1. The van der Waals surface area contributed by atoms with Crippen molar-refractivity contribution in [2.45, 2.75) is 13.3 Å². The summed E-state index contributed by atoms with van der Waals surface area (Å²) in [5.74, 6) is 0.346. The van der Waals surface area contributed by atoms with E-state index in [0.717, 1.165) is 13.0 Å². The molecule has 100 valence electrons. The summed E-state index contributed by atoms with van der Waals surface area (Å²) < 4.78 is 10.8. The highest BCUT2D eigenvalue weighted by Gasteiger charge is 2.07. The molecule has 1 rings (SSSR count). The Kier molecular flexibility index (Phi) is 6.00. The molecular formula is C13H20N2O3. The Bertz CT molecular complexity index is 394. The first-order chi connectivity index (χ1) is 8.69. The first-order valence-corrected chi connectivity index (χ1v) is 6.01. The maximum atomic E-state index is 11.5. The fourth-order valence-corrected chi connectivity index (χ4v) is 1.40. The number of anilines is 1. The minimum absolute atomic E-state index is 0.165. The summed E-state index contributed by atoms with van der Waals surface area (Å²) in [6.45, 7) is 3.70. The predicted molar refractivity (Wildman–Crippen MR) is 70.8 cm³/mol. The lowest BCUT2D eigenvalue weighted by molar-refractivity contribution is 0.0960. The molecule has 0 aliphatic rings. The number of hydrogen-bond donors (Lipinski definition) is 2. The van der Waals surface area contributed by atoms with E-state index >= 15 is 0 Å². The van der Waals surface area contributed by atoms with Gasteiger partial charge in [-0.3, -0.25) is 4.79 Å². The second-order valence-corrected chi connectivity index (χ2v) is 3.79. The van der Waals surface area contributed by atoms with Crippen LogP contribution in [-0.4, -0.2) is 32.8 Å². The Balaban J connectivity index is 2.56. The van der Waals surface area contributed by atoms with Gasteiger partial charge in [-0.1, -0.05) is 6.92 Å². The standard InChI is InChI=1S/C13H20N2O3/c1-3-6-17-7-8-18-12-9-10(13(16)15-2)4-5-11(12)14/h4-5,9H,3,6-8,14H2,1-2H3,(H,15,16). The quantitative estimate of drug-likeness (QED) is 0.569. The average molecular weight is 252 g/mol. The molecule has 0 fully saturated rings. The summed E-state index contributed by atoms with van der Waals surface area (Å²) in [5, 5.41) is 2.55. The molecule has 0 aliphatic carbocycles.